The van der Waals surface area contributed by atoms with Crippen molar-refractivity contribution in [3.05, 3.63) is 100 Å². The molecule has 5 aromatic rings. The molecular formula is C29H25Cl2N5O. The van der Waals surface area contributed by atoms with Gasteiger partial charge in [-0.3, -0.25) is 4.90 Å². The highest BCUT2D eigenvalue weighted by atomic mass is 35.5. The van der Waals surface area contributed by atoms with Crippen molar-refractivity contribution in [2.45, 2.75) is 26.0 Å². The number of rotatable bonds is 6. The Hall–Kier alpha value is -3.45. The second kappa shape index (κ2) is 10.1. The molecule has 0 amide bonds. The average molecular weight is 530 g/mol. The fourth-order valence-corrected chi connectivity index (χ4v) is 5.19. The molecule has 1 unspecified atom stereocenters. The van der Waals surface area contributed by atoms with Gasteiger partial charge in [0.05, 0.1) is 10.6 Å². The molecule has 1 saturated heterocycles. The Balaban J connectivity index is 1.39. The zero-order chi connectivity index (χ0) is 25.4. The highest BCUT2D eigenvalue weighted by molar-refractivity contribution is 6.33. The Morgan fingerprint density at radius 2 is 1.68 bits per heavy atom. The molecule has 186 valence electrons. The number of hydrogen-bond acceptors (Lipinski definition) is 5. The molecule has 0 saturated carbocycles. The van der Waals surface area contributed by atoms with Crippen LogP contribution in [0.4, 0.5) is 0 Å². The molecule has 1 aliphatic rings. The molecule has 6 nitrogen and oxygen atoms in total. The quantitative estimate of drug-likeness (QED) is 0.244. The first-order chi connectivity index (χ1) is 18.0. The smallest absolute Gasteiger partial charge is 0.321 e. The molecular weight excluding hydrogens is 505 g/mol. The van der Waals surface area contributed by atoms with E-state index in [-0.39, 0.29) is 6.10 Å². The third-order valence-electron chi connectivity index (χ3n) is 6.58. The van der Waals surface area contributed by atoms with Crippen molar-refractivity contribution in [2.75, 3.05) is 13.1 Å². The summed E-state index contributed by atoms with van der Waals surface area (Å²) in [4.78, 5) is 11.8. The van der Waals surface area contributed by atoms with Gasteiger partial charge in [-0.05, 0) is 42.7 Å². The summed E-state index contributed by atoms with van der Waals surface area (Å²) in [5, 5.41) is 6.22. The van der Waals surface area contributed by atoms with Crippen LogP contribution in [-0.2, 0) is 6.54 Å². The summed E-state index contributed by atoms with van der Waals surface area (Å²) in [6.07, 6.45) is 0.924. The van der Waals surface area contributed by atoms with Crippen LogP contribution in [0.2, 0.25) is 10.0 Å². The van der Waals surface area contributed by atoms with Crippen LogP contribution >= 0.6 is 23.2 Å². The number of ether oxygens (including phenoxy) is 1. The monoisotopic (exact) mass is 529 g/mol. The lowest BCUT2D eigenvalue weighted by Gasteiger charge is -2.17. The van der Waals surface area contributed by atoms with Gasteiger partial charge in [-0.1, -0.05) is 83.9 Å². The van der Waals surface area contributed by atoms with Crippen molar-refractivity contribution < 1.29 is 4.74 Å². The molecule has 0 N–H and O–H groups in total. The summed E-state index contributed by atoms with van der Waals surface area (Å²) in [5.41, 5.74) is 5.30. The molecule has 6 rings (SSSR count). The Bertz CT molecular complexity index is 1550. The summed E-state index contributed by atoms with van der Waals surface area (Å²) in [6.45, 7) is 4.56. The number of halogens is 2. The molecule has 37 heavy (non-hydrogen) atoms. The molecule has 0 aliphatic carbocycles. The maximum atomic E-state index is 6.62. The van der Waals surface area contributed by atoms with Crippen LogP contribution in [0.5, 0.6) is 6.01 Å². The maximum absolute atomic E-state index is 6.62. The molecule has 2 aromatic heterocycles. The van der Waals surface area contributed by atoms with Crippen LogP contribution in [0.1, 0.15) is 17.8 Å². The van der Waals surface area contributed by atoms with Gasteiger partial charge in [0.1, 0.15) is 17.6 Å². The number of nitrogens with zero attached hydrogens (tertiary/aromatic N) is 5. The standard InChI is InChI=1S/C29H25Cl2N5O/c1-19-32-28-26(21-11-13-22(30)14-12-21)27(24-9-5-6-10-25(24)31)34-36(28)29(33-19)37-23-15-16-35(18-23)17-20-7-3-2-4-8-20/h2-14,23H,15-18H2,1H3. The number of aromatic nitrogens is 4. The second-order valence-electron chi connectivity index (χ2n) is 9.25. The molecule has 1 aliphatic heterocycles. The number of aryl methyl sites for hydroxylation is 1. The Kier molecular flexibility index (Phi) is 6.55. The number of fused-ring (bicyclic) bond motifs is 1. The number of benzene rings is 3. The molecule has 3 heterocycles. The second-order valence-corrected chi connectivity index (χ2v) is 10.1. The molecule has 1 atom stereocenters. The predicted molar refractivity (Wildman–Crippen MR) is 147 cm³/mol. The van der Waals surface area contributed by atoms with Crippen molar-refractivity contribution in [3.63, 3.8) is 0 Å². The summed E-state index contributed by atoms with van der Waals surface area (Å²) in [5.74, 6) is 0.613. The molecule has 1 fully saturated rings. The molecule has 8 heteroatoms. The van der Waals surface area contributed by atoms with Gasteiger partial charge in [0.25, 0.3) is 0 Å². The maximum Gasteiger partial charge on any atom is 0.321 e. The SMILES string of the molecule is Cc1nc(OC2CCN(Cc3ccccc3)C2)n2nc(-c3ccccc3Cl)c(-c3ccc(Cl)cc3)c2n1. The minimum atomic E-state index is 0.00755. The van der Waals surface area contributed by atoms with E-state index in [1.165, 1.54) is 5.56 Å². The fraction of sp³-hybridized carbons (Fsp3) is 0.207. The van der Waals surface area contributed by atoms with Gasteiger partial charge >= 0.3 is 6.01 Å². The molecule has 3 aromatic carbocycles. The van der Waals surface area contributed by atoms with Crippen LogP contribution in [0.25, 0.3) is 28.0 Å². The predicted octanol–water partition coefficient (Wildman–Crippen LogP) is 6.73. The van der Waals surface area contributed by atoms with Gasteiger partial charge in [-0.25, -0.2) is 4.98 Å². The minimum Gasteiger partial charge on any atom is -0.459 e. The highest BCUT2D eigenvalue weighted by Crippen LogP contribution is 2.39. The Labute approximate surface area is 225 Å². The normalized spacial score (nSPS) is 15.9. The van der Waals surface area contributed by atoms with E-state index in [1.807, 2.05) is 61.5 Å². The zero-order valence-electron chi connectivity index (χ0n) is 20.3. The summed E-state index contributed by atoms with van der Waals surface area (Å²) < 4.78 is 8.18. The van der Waals surface area contributed by atoms with E-state index in [0.717, 1.165) is 48.4 Å². The lowest BCUT2D eigenvalue weighted by atomic mass is 10.0. The van der Waals surface area contributed by atoms with Gasteiger partial charge in [0.2, 0.25) is 0 Å². The summed E-state index contributed by atoms with van der Waals surface area (Å²) in [6, 6.07) is 26.3. The van der Waals surface area contributed by atoms with Crippen LogP contribution in [0.3, 0.4) is 0 Å². The first-order valence-corrected chi connectivity index (χ1v) is 13.0. The van der Waals surface area contributed by atoms with Crippen molar-refractivity contribution in [1.82, 2.24) is 24.5 Å². The van der Waals surface area contributed by atoms with E-state index in [4.69, 9.17) is 38.0 Å². The van der Waals surface area contributed by atoms with Crippen molar-refractivity contribution in [1.29, 1.82) is 0 Å². The van der Waals surface area contributed by atoms with Crippen molar-refractivity contribution in [2.24, 2.45) is 0 Å². The largest absolute Gasteiger partial charge is 0.459 e. The van der Waals surface area contributed by atoms with E-state index in [1.54, 1.807) is 4.52 Å². The van der Waals surface area contributed by atoms with E-state index >= 15 is 0 Å². The summed E-state index contributed by atoms with van der Waals surface area (Å²) in [7, 11) is 0. The van der Waals surface area contributed by atoms with E-state index < -0.39 is 0 Å². The summed E-state index contributed by atoms with van der Waals surface area (Å²) >= 11 is 12.8. The molecule has 0 radical (unpaired) electrons. The van der Waals surface area contributed by atoms with Gasteiger partial charge in [0, 0.05) is 30.2 Å². The van der Waals surface area contributed by atoms with Gasteiger partial charge in [-0.2, -0.15) is 14.6 Å². The van der Waals surface area contributed by atoms with E-state index in [0.29, 0.717) is 27.5 Å². The van der Waals surface area contributed by atoms with Crippen molar-refractivity contribution >= 4 is 28.8 Å². The van der Waals surface area contributed by atoms with Crippen LogP contribution in [-0.4, -0.2) is 43.7 Å². The lowest BCUT2D eigenvalue weighted by Crippen LogP contribution is -2.25. The topological polar surface area (TPSA) is 55.5 Å². The first kappa shape index (κ1) is 23.9. The lowest BCUT2D eigenvalue weighted by molar-refractivity contribution is 0.178. The van der Waals surface area contributed by atoms with E-state index in [9.17, 15) is 0 Å². The van der Waals surface area contributed by atoms with E-state index in [2.05, 4.69) is 34.1 Å². The zero-order valence-corrected chi connectivity index (χ0v) is 21.8. The number of likely N-dealkylation sites (tertiary alicyclic amines) is 1. The highest BCUT2D eigenvalue weighted by Gasteiger charge is 2.27. The van der Waals surface area contributed by atoms with Crippen LogP contribution < -0.4 is 4.74 Å². The first-order valence-electron chi connectivity index (χ1n) is 12.3. The van der Waals surface area contributed by atoms with Gasteiger partial charge in [-0.15, -0.1) is 0 Å². The third kappa shape index (κ3) is 4.92. The Morgan fingerprint density at radius 3 is 2.46 bits per heavy atom. The Morgan fingerprint density at radius 1 is 0.919 bits per heavy atom. The number of hydrogen-bond donors (Lipinski definition) is 0. The van der Waals surface area contributed by atoms with Gasteiger partial charge < -0.3 is 4.74 Å². The van der Waals surface area contributed by atoms with Gasteiger partial charge in [0.15, 0.2) is 5.65 Å². The fourth-order valence-electron chi connectivity index (χ4n) is 4.84. The third-order valence-corrected chi connectivity index (χ3v) is 7.16. The molecule has 0 spiro atoms. The average Bonchev–Trinajstić information content (AvgIpc) is 3.50. The minimum absolute atomic E-state index is 0.00755. The van der Waals surface area contributed by atoms with Crippen molar-refractivity contribution in [3.8, 4) is 28.4 Å². The molecule has 0 bridgehead atoms. The van der Waals surface area contributed by atoms with Crippen LogP contribution in [0.15, 0.2) is 78.9 Å². The van der Waals surface area contributed by atoms with Crippen LogP contribution in [0, 0.1) is 6.92 Å².